The van der Waals surface area contributed by atoms with E-state index >= 15 is 0 Å². The van der Waals surface area contributed by atoms with Gasteiger partial charge in [0.05, 0.1) is 11.8 Å². The number of amides is 1. The fourth-order valence-corrected chi connectivity index (χ4v) is 2.36. The number of piperidine rings is 1. The second kappa shape index (κ2) is 6.00. The highest BCUT2D eigenvalue weighted by atomic mass is 16.6. The molecule has 2 heterocycles. The predicted molar refractivity (Wildman–Crippen MR) is 72.3 cm³/mol. The van der Waals surface area contributed by atoms with Gasteiger partial charge in [-0.25, -0.2) is 0 Å². The average Bonchev–Trinajstić information content (AvgIpc) is 2.73. The minimum Gasteiger partial charge on any atom is -0.358 e. The molecule has 0 saturated carbocycles. The third kappa shape index (κ3) is 3.53. The van der Waals surface area contributed by atoms with E-state index in [4.69, 9.17) is 0 Å². The molecular weight excluding hydrogens is 262 g/mol. The molecule has 20 heavy (non-hydrogen) atoms. The van der Waals surface area contributed by atoms with Crippen molar-refractivity contribution in [1.82, 2.24) is 20.0 Å². The first-order chi connectivity index (χ1) is 9.45. The standard InChI is InChI=1S/C12H19N5O3/c1-9-7-12(17(19)20)16(14-9)8-11(18)13-10-3-5-15(2)6-4-10/h7,10H,3-6,8H2,1-2H3,(H,13,18). The number of hydrogen-bond acceptors (Lipinski definition) is 5. The molecular formula is C12H19N5O3. The number of nitrogens with zero attached hydrogens (tertiary/aromatic N) is 4. The molecule has 0 bridgehead atoms. The average molecular weight is 281 g/mol. The summed E-state index contributed by atoms with van der Waals surface area (Å²) >= 11 is 0. The Kier molecular flexibility index (Phi) is 4.33. The van der Waals surface area contributed by atoms with Crippen LogP contribution in [0.25, 0.3) is 0 Å². The lowest BCUT2D eigenvalue weighted by Gasteiger charge is -2.29. The normalized spacial score (nSPS) is 17.1. The van der Waals surface area contributed by atoms with E-state index in [1.165, 1.54) is 6.07 Å². The Balaban J connectivity index is 1.93. The lowest BCUT2D eigenvalue weighted by atomic mass is 10.1. The number of nitro groups is 1. The summed E-state index contributed by atoms with van der Waals surface area (Å²) in [6, 6.07) is 1.51. The van der Waals surface area contributed by atoms with Crippen LogP contribution in [0.4, 0.5) is 5.82 Å². The van der Waals surface area contributed by atoms with Crippen LogP contribution in [0.3, 0.4) is 0 Å². The van der Waals surface area contributed by atoms with E-state index in [0.29, 0.717) is 5.69 Å². The summed E-state index contributed by atoms with van der Waals surface area (Å²) in [7, 11) is 2.05. The minimum atomic E-state index is -0.525. The molecule has 1 aromatic rings. The third-order valence-electron chi connectivity index (χ3n) is 3.44. The molecule has 0 unspecified atom stereocenters. The maximum atomic E-state index is 11.9. The van der Waals surface area contributed by atoms with Crippen molar-refractivity contribution >= 4 is 11.7 Å². The molecule has 8 nitrogen and oxygen atoms in total. The molecule has 0 atom stereocenters. The Morgan fingerprint density at radius 2 is 2.20 bits per heavy atom. The molecule has 110 valence electrons. The molecule has 1 aromatic heterocycles. The number of nitrogens with one attached hydrogen (secondary N) is 1. The Hall–Kier alpha value is -1.96. The van der Waals surface area contributed by atoms with E-state index < -0.39 is 4.92 Å². The molecule has 1 fully saturated rings. The fourth-order valence-electron chi connectivity index (χ4n) is 2.36. The van der Waals surface area contributed by atoms with Gasteiger partial charge in [0.25, 0.3) is 5.91 Å². The van der Waals surface area contributed by atoms with Crippen LogP contribution >= 0.6 is 0 Å². The van der Waals surface area contributed by atoms with Crippen LogP contribution in [-0.2, 0) is 11.3 Å². The summed E-state index contributed by atoms with van der Waals surface area (Å²) in [5.41, 5.74) is 0.531. The molecule has 1 aliphatic heterocycles. The second-order valence-corrected chi connectivity index (χ2v) is 5.20. The lowest BCUT2D eigenvalue weighted by molar-refractivity contribution is -0.392. The second-order valence-electron chi connectivity index (χ2n) is 5.20. The quantitative estimate of drug-likeness (QED) is 0.633. The number of rotatable bonds is 4. The maximum absolute atomic E-state index is 11.9. The first-order valence-electron chi connectivity index (χ1n) is 6.62. The Morgan fingerprint density at radius 3 is 2.80 bits per heavy atom. The SMILES string of the molecule is Cc1cc([N+](=O)[O-])n(CC(=O)NC2CCN(C)CC2)n1. The zero-order valence-corrected chi connectivity index (χ0v) is 11.7. The van der Waals surface area contributed by atoms with Gasteiger partial charge in [-0.1, -0.05) is 5.10 Å². The first kappa shape index (κ1) is 14.4. The van der Waals surface area contributed by atoms with Gasteiger partial charge in [0.2, 0.25) is 0 Å². The smallest absolute Gasteiger partial charge is 0.345 e. The van der Waals surface area contributed by atoms with Crippen molar-refractivity contribution < 1.29 is 9.72 Å². The van der Waals surface area contributed by atoms with Gasteiger partial charge < -0.3 is 20.3 Å². The molecule has 8 heteroatoms. The van der Waals surface area contributed by atoms with Crippen LogP contribution < -0.4 is 5.32 Å². The van der Waals surface area contributed by atoms with Gasteiger partial charge in [-0.15, -0.1) is 4.68 Å². The number of carbonyl (C=O) groups is 1. The van der Waals surface area contributed by atoms with Gasteiger partial charge in [0, 0.05) is 6.04 Å². The summed E-state index contributed by atoms with van der Waals surface area (Å²) in [5, 5.41) is 17.7. The van der Waals surface area contributed by atoms with E-state index in [0.717, 1.165) is 30.6 Å². The van der Waals surface area contributed by atoms with Crippen LogP contribution in [0, 0.1) is 17.0 Å². The van der Waals surface area contributed by atoms with E-state index in [-0.39, 0.29) is 24.3 Å². The molecule has 1 saturated heterocycles. The van der Waals surface area contributed by atoms with Crippen LogP contribution in [0.2, 0.25) is 0 Å². The summed E-state index contributed by atoms with van der Waals surface area (Å²) in [6.45, 7) is 3.45. The first-order valence-corrected chi connectivity index (χ1v) is 6.62. The fraction of sp³-hybridized carbons (Fsp3) is 0.667. The lowest BCUT2D eigenvalue weighted by Crippen LogP contribution is -2.44. The molecule has 1 aliphatic rings. The van der Waals surface area contributed by atoms with Gasteiger partial charge in [-0.05, 0) is 44.8 Å². The Labute approximate surface area is 116 Å². The largest absolute Gasteiger partial charge is 0.358 e. The predicted octanol–water partition coefficient (Wildman–Crippen LogP) is 0.310. The van der Waals surface area contributed by atoms with E-state index in [1.54, 1.807) is 6.92 Å². The van der Waals surface area contributed by atoms with Crippen molar-refractivity contribution in [1.29, 1.82) is 0 Å². The van der Waals surface area contributed by atoms with Crippen LogP contribution in [0.15, 0.2) is 6.07 Å². The number of likely N-dealkylation sites (tertiary alicyclic amines) is 1. The third-order valence-corrected chi connectivity index (χ3v) is 3.44. The molecule has 0 spiro atoms. The highest BCUT2D eigenvalue weighted by Gasteiger charge is 2.22. The molecule has 1 amide bonds. The molecule has 0 radical (unpaired) electrons. The van der Waals surface area contributed by atoms with Gasteiger partial charge >= 0.3 is 5.82 Å². The van der Waals surface area contributed by atoms with Crippen molar-refractivity contribution in [3.8, 4) is 0 Å². The van der Waals surface area contributed by atoms with Crippen molar-refractivity contribution in [3.63, 3.8) is 0 Å². The zero-order valence-electron chi connectivity index (χ0n) is 11.7. The Morgan fingerprint density at radius 1 is 1.55 bits per heavy atom. The summed E-state index contributed by atoms with van der Waals surface area (Å²) in [6.07, 6.45) is 1.81. The van der Waals surface area contributed by atoms with E-state index in [1.807, 2.05) is 7.05 Å². The molecule has 0 aromatic carbocycles. The summed E-state index contributed by atoms with van der Waals surface area (Å²) < 4.78 is 1.14. The van der Waals surface area contributed by atoms with Gasteiger partial charge in [0.15, 0.2) is 6.54 Å². The van der Waals surface area contributed by atoms with Crippen molar-refractivity contribution in [2.75, 3.05) is 20.1 Å². The van der Waals surface area contributed by atoms with Crippen molar-refractivity contribution in [2.45, 2.75) is 32.4 Å². The zero-order chi connectivity index (χ0) is 14.7. The highest BCUT2D eigenvalue weighted by Crippen LogP contribution is 2.13. The Bertz CT molecular complexity index is 505. The number of aryl methyl sites for hydroxylation is 1. The molecule has 1 N–H and O–H groups in total. The van der Waals surface area contributed by atoms with Crippen LogP contribution in [0.5, 0.6) is 0 Å². The van der Waals surface area contributed by atoms with Crippen molar-refractivity contribution in [2.24, 2.45) is 0 Å². The maximum Gasteiger partial charge on any atom is 0.345 e. The van der Waals surface area contributed by atoms with Crippen LogP contribution in [0.1, 0.15) is 18.5 Å². The number of carbonyl (C=O) groups excluding carboxylic acids is 1. The number of aromatic nitrogens is 2. The summed E-state index contributed by atoms with van der Waals surface area (Å²) in [4.78, 5) is 24.5. The highest BCUT2D eigenvalue weighted by molar-refractivity contribution is 5.76. The molecule has 0 aliphatic carbocycles. The van der Waals surface area contributed by atoms with E-state index in [2.05, 4.69) is 15.3 Å². The van der Waals surface area contributed by atoms with Crippen molar-refractivity contribution in [3.05, 3.63) is 21.9 Å². The summed E-state index contributed by atoms with van der Waals surface area (Å²) in [5.74, 6) is -0.383. The van der Waals surface area contributed by atoms with E-state index in [9.17, 15) is 14.9 Å². The van der Waals surface area contributed by atoms with Gasteiger partial charge in [-0.2, -0.15) is 0 Å². The molecule has 2 rings (SSSR count). The van der Waals surface area contributed by atoms with Crippen LogP contribution in [-0.4, -0.2) is 51.7 Å². The minimum absolute atomic E-state index is 0.115. The number of hydrogen-bond donors (Lipinski definition) is 1. The monoisotopic (exact) mass is 281 g/mol. The van der Waals surface area contributed by atoms with Gasteiger partial charge in [-0.3, -0.25) is 4.79 Å². The van der Waals surface area contributed by atoms with Gasteiger partial charge in [0.1, 0.15) is 0 Å². The topological polar surface area (TPSA) is 93.3 Å².